The number of rotatable bonds is 5. The van der Waals surface area contributed by atoms with Crippen LogP contribution in [-0.2, 0) is 4.79 Å². The van der Waals surface area contributed by atoms with Crippen molar-refractivity contribution >= 4 is 11.6 Å². The van der Waals surface area contributed by atoms with Gasteiger partial charge in [0.25, 0.3) is 11.6 Å². The van der Waals surface area contributed by atoms with Gasteiger partial charge in [0.05, 0.1) is 23.6 Å². The van der Waals surface area contributed by atoms with E-state index in [2.05, 4.69) is 0 Å². The molecule has 114 valence electrons. The summed E-state index contributed by atoms with van der Waals surface area (Å²) < 4.78 is 5.32. The predicted octanol–water partition coefficient (Wildman–Crippen LogP) is 1.20. The van der Waals surface area contributed by atoms with Gasteiger partial charge < -0.3 is 14.7 Å². The second-order valence-electron chi connectivity index (χ2n) is 5.15. The van der Waals surface area contributed by atoms with E-state index >= 15 is 0 Å². The van der Waals surface area contributed by atoms with Crippen molar-refractivity contribution in [3.8, 4) is 5.75 Å². The monoisotopic (exact) mass is 294 g/mol. The summed E-state index contributed by atoms with van der Waals surface area (Å²) in [5.41, 5.74) is -0.0806. The average molecular weight is 294 g/mol. The number of amides is 1. The van der Waals surface area contributed by atoms with E-state index in [-0.39, 0.29) is 42.5 Å². The lowest BCUT2D eigenvalue weighted by Gasteiger charge is -2.25. The molecule has 1 amide bonds. The van der Waals surface area contributed by atoms with Crippen molar-refractivity contribution in [1.29, 1.82) is 0 Å². The minimum absolute atomic E-state index is 0.0658. The third-order valence-corrected chi connectivity index (χ3v) is 3.78. The summed E-state index contributed by atoms with van der Waals surface area (Å²) in [5, 5.41) is 20.0. The van der Waals surface area contributed by atoms with Gasteiger partial charge in [-0.3, -0.25) is 14.9 Å². The third-order valence-electron chi connectivity index (χ3n) is 3.78. The Labute approximate surface area is 122 Å². The van der Waals surface area contributed by atoms with Crippen molar-refractivity contribution in [2.75, 3.05) is 19.8 Å². The van der Waals surface area contributed by atoms with Gasteiger partial charge in [-0.05, 0) is 18.4 Å². The van der Waals surface area contributed by atoms with E-state index in [4.69, 9.17) is 4.74 Å². The Balaban J connectivity index is 1.95. The standard InChI is InChI=1S/C14H18N2O5/c1-10-5-6-15(13(10)8-17)14(18)9-21-12-4-2-3-11(7-12)16(19)20/h2-4,7,10,13,17H,5-6,8-9H2,1H3. The highest BCUT2D eigenvalue weighted by molar-refractivity contribution is 5.78. The van der Waals surface area contributed by atoms with Gasteiger partial charge in [0.2, 0.25) is 0 Å². The zero-order chi connectivity index (χ0) is 15.4. The lowest BCUT2D eigenvalue weighted by atomic mass is 10.0. The zero-order valence-electron chi connectivity index (χ0n) is 11.8. The Hall–Kier alpha value is -2.15. The summed E-state index contributed by atoms with van der Waals surface area (Å²) in [6.07, 6.45) is 0.855. The average Bonchev–Trinajstić information content (AvgIpc) is 2.86. The maximum atomic E-state index is 12.1. The lowest BCUT2D eigenvalue weighted by molar-refractivity contribution is -0.384. The molecule has 0 radical (unpaired) electrons. The highest BCUT2D eigenvalue weighted by Crippen LogP contribution is 2.24. The number of carbonyl (C=O) groups excluding carboxylic acids is 1. The number of nitrogens with zero attached hydrogens (tertiary/aromatic N) is 2. The number of nitro groups is 1. The number of ether oxygens (including phenoxy) is 1. The normalized spacial score (nSPS) is 21.3. The van der Waals surface area contributed by atoms with Crippen molar-refractivity contribution in [3.05, 3.63) is 34.4 Å². The van der Waals surface area contributed by atoms with Crippen LogP contribution in [0.5, 0.6) is 5.75 Å². The fraction of sp³-hybridized carbons (Fsp3) is 0.500. The van der Waals surface area contributed by atoms with E-state index in [1.165, 1.54) is 18.2 Å². The zero-order valence-corrected chi connectivity index (χ0v) is 11.8. The van der Waals surface area contributed by atoms with Crippen LogP contribution in [0.15, 0.2) is 24.3 Å². The van der Waals surface area contributed by atoms with Gasteiger partial charge in [-0.25, -0.2) is 0 Å². The van der Waals surface area contributed by atoms with Gasteiger partial charge in [-0.1, -0.05) is 13.0 Å². The van der Waals surface area contributed by atoms with Crippen LogP contribution in [0.1, 0.15) is 13.3 Å². The number of likely N-dealkylation sites (tertiary alicyclic amines) is 1. The summed E-state index contributed by atoms with van der Waals surface area (Å²) in [7, 11) is 0. The van der Waals surface area contributed by atoms with E-state index in [0.29, 0.717) is 6.54 Å². The molecule has 21 heavy (non-hydrogen) atoms. The molecule has 1 fully saturated rings. The molecular weight excluding hydrogens is 276 g/mol. The molecule has 2 unspecified atom stereocenters. The Morgan fingerprint density at radius 3 is 3.00 bits per heavy atom. The van der Waals surface area contributed by atoms with Crippen molar-refractivity contribution in [2.45, 2.75) is 19.4 Å². The third kappa shape index (κ3) is 3.49. The first-order valence-electron chi connectivity index (χ1n) is 6.80. The maximum absolute atomic E-state index is 12.1. The summed E-state index contributed by atoms with van der Waals surface area (Å²) in [6, 6.07) is 5.54. The van der Waals surface area contributed by atoms with E-state index in [1.54, 1.807) is 11.0 Å². The first-order chi connectivity index (χ1) is 10.0. The summed E-state index contributed by atoms with van der Waals surface area (Å²) >= 11 is 0. The topological polar surface area (TPSA) is 92.9 Å². The molecule has 0 aromatic heterocycles. The largest absolute Gasteiger partial charge is 0.484 e. The summed E-state index contributed by atoms with van der Waals surface area (Å²) in [5.74, 6) is 0.326. The van der Waals surface area contributed by atoms with Crippen LogP contribution in [0.4, 0.5) is 5.69 Å². The van der Waals surface area contributed by atoms with Crippen molar-refractivity contribution in [3.63, 3.8) is 0 Å². The number of aliphatic hydroxyl groups is 1. The van der Waals surface area contributed by atoms with Crippen LogP contribution in [0.3, 0.4) is 0 Å². The van der Waals surface area contributed by atoms with Crippen LogP contribution >= 0.6 is 0 Å². The number of nitro benzene ring substituents is 1. The molecular formula is C14H18N2O5. The van der Waals surface area contributed by atoms with Crippen molar-refractivity contribution in [2.24, 2.45) is 5.92 Å². The van der Waals surface area contributed by atoms with Gasteiger partial charge in [-0.15, -0.1) is 0 Å². The molecule has 1 aromatic rings. The Bertz CT molecular complexity index is 534. The molecule has 2 rings (SSSR count). The van der Waals surface area contributed by atoms with Crippen molar-refractivity contribution in [1.82, 2.24) is 4.90 Å². The van der Waals surface area contributed by atoms with Gasteiger partial charge in [-0.2, -0.15) is 0 Å². The summed E-state index contributed by atoms with van der Waals surface area (Å²) in [6.45, 7) is 2.34. The second kappa shape index (κ2) is 6.53. The van der Waals surface area contributed by atoms with E-state index in [9.17, 15) is 20.0 Å². The highest BCUT2D eigenvalue weighted by Gasteiger charge is 2.33. The fourth-order valence-corrected chi connectivity index (χ4v) is 2.51. The van der Waals surface area contributed by atoms with Gasteiger partial charge in [0, 0.05) is 12.6 Å². The molecule has 1 aromatic carbocycles. The second-order valence-corrected chi connectivity index (χ2v) is 5.15. The molecule has 1 heterocycles. The van der Waals surface area contributed by atoms with E-state index < -0.39 is 4.92 Å². The number of hydrogen-bond acceptors (Lipinski definition) is 5. The number of hydrogen-bond donors (Lipinski definition) is 1. The molecule has 1 aliphatic heterocycles. The number of benzene rings is 1. The van der Waals surface area contributed by atoms with E-state index in [0.717, 1.165) is 6.42 Å². The molecule has 0 saturated carbocycles. The molecule has 7 heteroatoms. The van der Waals surface area contributed by atoms with E-state index in [1.807, 2.05) is 6.92 Å². The fourth-order valence-electron chi connectivity index (χ4n) is 2.51. The van der Waals surface area contributed by atoms with Gasteiger partial charge >= 0.3 is 0 Å². The highest BCUT2D eigenvalue weighted by atomic mass is 16.6. The number of carbonyl (C=O) groups is 1. The van der Waals surface area contributed by atoms with Crippen LogP contribution in [0.2, 0.25) is 0 Å². The first kappa shape index (κ1) is 15.2. The Kier molecular flexibility index (Phi) is 4.74. The quantitative estimate of drug-likeness (QED) is 0.650. The predicted molar refractivity (Wildman–Crippen MR) is 75.0 cm³/mol. The first-order valence-corrected chi connectivity index (χ1v) is 6.80. The minimum atomic E-state index is -0.515. The number of non-ortho nitro benzene ring substituents is 1. The molecule has 0 aliphatic carbocycles. The molecule has 0 bridgehead atoms. The molecule has 1 saturated heterocycles. The maximum Gasteiger partial charge on any atom is 0.273 e. The Morgan fingerprint density at radius 2 is 2.33 bits per heavy atom. The SMILES string of the molecule is CC1CCN(C(=O)COc2cccc([N+](=O)[O-])c2)C1CO. The van der Waals surface area contributed by atoms with Gasteiger partial charge in [0.15, 0.2) is 6.61 Å². The summed E-state index contributed by atoms with van der Waals surface area (Å²) in [4.78, 5) is 23.9. The molecule has 1 N–H and O–H groups in total. The molecule has 2 atom stereocenters. The van der Waals surface area contributed by atoms with Crippen LogP contribution in [0.25, 0.3) is 0 Å². The lowest BCUT2D eigenvalue weighted by Crippen LogP contribution is -2.42. The number of aliphatic hydroxyl groups excluding tert-OH is 1. The molecule has 1 aliphatic rings. The van der Waals surface area contributed by atoms with Crippen LogP contribution < -0.4 is 4.74 Å². The molecule has 0 spiro atoms. The van der Waals surface area contributed by atoms with Crippen LogP contribution in [-0.4, -0.2) is 46.6 Å². The Morgan fingerprint density at radius 1 is 1.57 bits per heavy atom. The van der Waals surface area contributed by atoms with Crippen LogP contribution in [0, 0.1) is 16.0 Å². The smallest absolute Gasteiger partial charge is 0.273 e. The van der Waals surface area contributed by atoms with Crippen molar-refractivity contribution < 1.29 is 19.6 Å². The minimum Gasteiger partial charge on any atom is -0.484 e. The van der Waals surface area contributed by atoms with Gasteiger partial charge in [0.1, 0.15) is 5.75 Å². The molecule has 7 nitrogen and oxygen atoms in total.